The van der Waals surface area contributed by atoms with E-state index in [0.29, 0.717) is 0 Å². The van der Waals surface area contributed by atoms with Gasteiger partial charge in [0.2, 0.25) is 0 Å². The molecule has 0 spiro atoms. The second-order valence-corrected chi connectivity index (χ2v) is 7.97. The van der Waals surface area contributed by atoms with Gasteiger partial charge in [-0.2, -0.15) is 26.0 Å². The Hall–Kier alpha value is -1.20. The predicted molar refractivity (Wildman–Crippen MR) is 83.6 cm³/mol. The van der Waals surface area contributed by atoms with Crippen molar-refractivity contribution in [3.8, 4) is 0 Å². The normalized spacial score (nSPS) is 17.9. The number of halogens is 4. The third-order valence-corrected chi connectivity index (χ3v) is 5.04. The number of carbonyl (C=O) groups excluding carboxylic acids is 1. The summed E-state index contributed by atoms with van der Waals surface area (Å²) in [4.78, 5) is 11.9. The number of rotatable bonds is 10. The van der Waals surface area contributed by atoms with Crippen molar-refractivity contribution in [3.05, 3.63) is 12.2 Å². The van der Waals surface area contributed by atoms with Crippen molar-refractivity contribution in [2.45, 2.75) is 62.2 Å². The standard InChI is InChI=1S/C15H22F4O6S/c1-11(12(20)25-13(2)6-3-4-7-13)10-24-9-5-8-14(16,17)15(18,19)26(21,22)23/h1,3-10H2,2H3,(H,21,22,23). The zero-order valence-corrected chi connectivity index (χ0v) is 15.1. The highest BCUT2D eigenvalue weighted by molar-refractivity contribution is 7.87. The molecule has 1 aliphatic rings. The number of alkyl halides is 4. The second-order valence-electron chi connectivity index (χ2n) is 6.50. The number of hydrogen-bond acceptors (Lipinski definition) is 5. The molecule has 0 radical (unpaired) electrons. The van der Waals surface area contributed by atoms with Crippen molar-refractivity contribution in [2.24, 2.45) is 0 Å². The van der Waals surface area contributed by atoms with Crippen molar-refractivity contribution >= 4 is 16.1 Å². The molecule has 26 heavy (non-hydrogen) atoms. The summed E-state index contributed by atoms with van der Waals surface area (Å²) < 4.78 is 91.6. The van der Waals surface area contributed by atoms with Crippen LogP contribution in [0.5, 0.6) is 0 Å². The minimum atomic E-state index is -6.24. The Bertz CT molecular complexity index is 626. The fourth-order valence-electron chi connectivity index (χ4n) is 2.51. The lowest BCUT2D eigenvalue weighted by Gasteiger charge is -2.24. The van der Waals surface area contributed by atoms with Gasteiger partial charge in [-0.05, 0) is 39.0 Å². The first-order valence-electron chi connectivity index (χ1n) is 7.93. The average molecular weight is 406 g/mol. The molecule has 1 fully saturated rings. The Kier molecular flexibility index (Phi) is 7.22. The van der Waals surface area contributed by atoms with Gasteiger partial charge in [-0.15, -0.1) is 0 Å². The van der Waals surface area contributed by atoms with Crippen LogP contribution in [0.3, 0.4) is 0 Å². The van der Waals surface area contributed by atoms with E-state index in [1.165, 1.54) is 0 Å². The van der Waals surface area contributed by atoms with Gasteiger partial charge in [0.1, 0.15) is 5.60 Å². The smallest absolute Gasteiger partial charge is 0.431 e. The van der Waals surface area contributed by atoms with E-state index in [9.17, 15) is 30.8 Å². The molecule has 0 unspecified atom stereocenters. The van der Waals surface area contributed by atoms with Crippen LogP contribution in [0.25, 0.3) is 0 Å². The van der Waals surface area contributed by atoms with Crippen LogP contribution in [0.4, 0.5) is 17.6 Å². The van der Waals surface area contributed by atoms with Crippen LogP contribution in [0, 0.1) is 0 Å². The molecule has 0 aromatic heterocycles. The third-order valence-electron chi connectivity index (χ3n) is 4.09. The van der Waals surface area contributed by atoms with E-state index in [1.807, 2.05) is 0 Å². The van der Waals surface area contributed by atoms with Gasteiger partial charge in [0.25, 0.3) is 0 Å². The quantitative estimate of drug-likeness (QED) is 0.197. The van der Waals surface area contributed by atoms with Crippen LogP contribution in [0.15, 0.2) is 12.2 Å². The van der Waals surface area contributed by atoms with Crippen LogP contribution in [0.1, 0.15) is 45.4 Å². The molecule has 1 saturated carbocycles. The van der Waals surface area contributed by atoms with E-state index in [2.05, 4.69) is 6.58 Å². The van der Waals surface area contributed by atoms with E-state index in [4.69, 9.17) is 14.0 Å². The van der Waals surface area contributed by atoms with E-state index in [1.54, 1.807) is 6.92 Å². The molecule has 6 nitrogen and oxygen atoms in total. The minimum Gasteiger partial charge on any atom is -0.456 e. The molecule has 152 valence electrons. The summed E-state index contributed by atoms with van der Waals surface area (Å²) in [5.41, 5.74) is -0.614. The molecular weight excluding hydrogens is 384 g/mol. The summed E-state index contributed by atoms with van der Waals surface area (Å²) in [6.07, 6.45) is 1.17. The molecule has 0 amide bonds. The number of esters is 1. The van der Waals surface area contributed by atoms with Gasteiger partial charge in [0, 0.05) is 13.0 Å². The SMILES string of the molecule is C=C(COCCCC(F)(F)C(F)(F)S(=O)(=O)O)C(=O)OC1(C)CCCC1. The van der Waals surface area contributed by atoms with Crippen molar-refractivity contribution in [1.82, 2.24) is 0 Å². The maximum Gasteiger partial charge on any atom is 0.431 e. The molecule has 0 aromatic carbocycles. The van der Waals surface area contributed by atoms with Gasteiger partial charge in [-0.3, -0.25) is 4.55 Å². The fraction of sp³-hybridized carbons (Fsp3) is 0.800. The van der Waals surface area contributed by atoms with Gasteiger partial charge in [0.05, 0.1) is 12.2 Å². The lowest BCUT2D eigenvalue weighted by molar-refractivity contribution is -0.166. The summed E-state index contributed by atoms with van der Waals surface area (Å²) in [7, 11) is -6.24. The van der Waals surface area contributed by atoms with Crippen LogP contribution >= 0.6 is 0 Å². The zero-order chi connectivity index (χ0) is 20.2. The molecule has 0 bridgehead atoms. The first-order valence-corrected chi connectivity index (χ1v) is 9.37. The first-order chi connectivity index (χ1) is 11.7. The van der Waals surface area contributed by atoms with Gasteiger partial charge in [-0.1, -0.05) is 6.58 Å². The van der Waals surface area contributed by atoms with Crippen LogP contribution in [-0.2, 0) is 24.4 Å². The van der Waals surface area contributed by atoms with Crippen molar-refractivity contribution in [3.63, 3.8) is 0 Å². The lowest BCUT2D eigenvalue weighted by Crippen LogP contribution is -2.46. The molecule has 0 aromatic rings. The van der Waals surface area contributed by atoms with Crippen LogP contribution < -0.4 is 0 Å². The molecular formula is C15H22F4O6S. The molecule has 0 aliphatic heterocycles. The van der Waals surface area contributed by atoms with Gasteiger partial charge in [-0.25, -0.2) is 4.79 Å². The highest BCUT2D eigenvalue weighted by Gasteiger charge is 2.64. The van der Waals surface area contributed by atoms with Gasteiger partial charge in [0.15, 0.2) is 0 Å². The van der Waals surface area contributed by atoms with Crippen LogP contribution in [0.2, 0.25) is 0 Å². The second kappa shape index (κ2) is 8.22. The molecule has 0 saturated heterocycles. The summed E-state index contributed by atoms with van der Waals surface area (Å²) >= 11 is 0. The van der Waals surface area contributed by atoms with Gasteiger partial charge < -0.3 is 9.47 Å². The monoisotopic (exact) mass is 406 g/mol. The highest BCUT2D eigenvalue weighted by atomic mass is 32.2. The number of hydrogen-bond donors (Lipinski definition) is 1. The lowest BCUT2D eigenvalue weighted by atomic mass is 10.1. The molecule has 1 N–H and O–H groups in total. The third kappa shape index (κ3) is 5.65. The van der Waals surface area contributed by atoms with Gasteiger partial charge >= 0.3 is 27.3 Å². The van der Waals surface area contributed by atoms with E-state index >= 15 is 0 Å². The summed E-state index contributed by atoms with van der Waals surface area (Å²) in [6.45, 7) is 4.48. The molecule has 0 heterocycles. The largest absolute Gasteiger partial charge is 0.456 e. The predicted octanol–water partition coefficient (Wildman–Crippen LogP) is 3.33. The summed E-state index contributed by atoms with van der Waals surface area (Å²) in [6, 6.07) is 0. The van der Waals surface area contributed by atoms with Crippen molar-refractivity contribution in [2.75, 3.05) is 13.2 Å². The Labute approximate surface area is 149 Å². The Balaban J connectivity index is 2.36. The maximum absolute atomic E-state index is 13.2. The molecule has 1 rings (SSSR count). The Morgan fingerprint density at radius 2 is 1.77 bits per heavy atom. The molecule has 0 atom stereocenters. The van der Waals surface area contributed by atoms with Crippen LogP contribution in [-0.4, -0.2) is 48.9 Å². The zero-order valence-electron chi connectivity index (χ0n) is 14.3. The Morgan fingerprint density at radius 3 is 2.27 bits per heavy atom. The fourth-order valence-corrected chi connectivity index (χ4v) is 2.99. The average Bonchev–Trinajstić information content (AvgIpc) is 2.91. The minimum absolute atomic E-state index is 0.0480. The Morgan fingerprint density at radius 1 is 1.23 bits per heavy atom. The van der Waals surface area contributed by atoms with Crippen molar-refractivity contribution < 1.29 is 44.8 Å². The first kappa shape index (κ1) is 22.8. The van der Waals surface area contributed by atoms with E-state index in [0.717, 1.165) is 25.7 Å². The topological polar surface area (TPSA) is 89.9 Å². The van der Waals surface area contributed by atoms with Crippen molar-refractivity contribution in [1.29, 1.82) is 0 Å². The van der Waals surface area contributed by atoms with E-state index in [-0.39, 0.29) is 12.2 Å². The maximum atomic E-state index is 13.2. The summed E-state index contributed by atoms with van der Waals surface area (Å²) in [5.74, 6) is -5.64. The van der Waals surface area contributed by atoms with E-state index < -0.39 is 52.3 Å². The molecule has 11 heteroatoms. The summed E-state index contributed by atoms with van der Waals surface area (Å²) in [5, 5.41) is -5.59. The molecule has 1 aliphatic carbocycles. The number of carbonyl (C=O) groups is 1. The highest BCUT2D eigenvalue weighted by Crippen LogP contribution is 2.41. The number of ether oxygens (including phenoxy) is 2.